The van der Waals surface area contributed by atoms with Gasteiger partial charge >= 0.3 is 0 Å². The van der Waals surface area contributed by atoms with Gasteiger partial charge in [0.05, 0.1) is 5.69 Å². The van der Waals surface area contributed by atoms with Gasteiger partial charge in [-0.3, -0.25) is 4.79 Å². The molecule has 1 N–H and O–H groups in total. The number of rotatable bonds is 5. The van der Waals surface area contributed by atoms with Gasteiger partial charge in [0.15, 0.2) is 5.16 Å². The molecule has 0 aromatic carbocycles. The molecule has 1 amide bonds. The highest BCUT2D eigenvalue weighted by molar-refractivity contribution is 7.99. The van der Waals surface area contributed by atoms with Crippen LogP contribution >= 0.6 is 11.8 Å². The number of carbonyl (C=O) groups excluding carboxylic acids is 1. The van der Waals surface area contributed by atoms with Crippen LogP contribution in [0.25, 0.3) is 0 Å². The predicted molar refractivity (Wildman–Crippen MR) is 89.9 cm³/mol. The van der Waals surface area contributed by atoms with Gasteiger partial charge in [0.25, 0.3) is 5.91 Å². The second-order valence-electron chi connectivity index (χ2n) is 6.49. The number of hydrogen-bond donors (Lipinski definition) is 1. The topological polar surface area (TPSA) is 80.9 Å². The van der Waals surface area contributed by atoms with Crippen molar-refractivity contribution >= 4 is 17.7 Å². The van der Waals surface area contributed by atoms with Crippen molar-refractivity contribution in [2.24, 2.45) is 0 Å². The number of amides is 1. The Labute approximate surface area is 144 Å². The Balaban J connectivity index is 1.25. The van der Waals surface area contributed by atoms with Crippen molar-refractivity contribution in [1.29, 1.82) is 0 Å². The Hall–Kier alpha value is -1.89. The Kier molecular flexibility index (Phi) is 4.51. The fraction of sp³-hybridized carbons (Fsp3) is 0.529. The smallest absolute Gasteiger partial charge is 0.290 e. The second kappa shape index (κ2) is 6.93. The lowest BCUT2D eigenvalue weighted by atomic mass is 9.95. The number of carbonyl (C=O) groups is 1. The molecule has 0 radical (unpaired) electrons. The molecule has 0 bridgehead atoms. The minimum Gasteiger partial charge on any atom is -0.351 e. The average Bonchev–Trinajstić information content (AvgIpc) is 3.34. The van der Waals surface area contributed by atoms with E-state index in [4.69, 9.17) is 4.52 Å². The normalized spacial score (nSPS) is 23.8. The van der Waals surface area contributed by atoms with Gasteiger partial charge < -0.3 is 9.84 Å². The molecule has 7 heteroatoms. The summed E-state index contributed by atoms with van der Waals surface area (Å²) >= 11 is 1.73. The van der Waals surface area contributed by atoms with Crippen molar-refractivity contribution in [2.45, 2.75) is 60.9 Å². The molecule has 4 rings (SSSR count). The maximum Gasteiger partial charge on any atom is 0.290 e. The zero-order valence-corrected chi connectivity index (χ0v) is 14.2. The molecule has 2 aromatic rings. The molecular formula is C17H20N4O2S. The van der Waals surface area contributed by atoms with Gasteiger partial charge in [-0.2, -0.15) is 0 Å². The third kappa shape index (κ3) is 3.77. The lowest BCUT2D eigenvalue weighted by Crippen LogP contribution is -2.38. The van der Waals surface area contributed by atoms with Gasteiger partial charge in [-0.1, -0.05) is 16.9 Å². The van der Waals surface area contributed by atoms with Crippen molar-refractivity contribution in [2.75, 3.05) is 0 Å². The van der Waals surface area contributed by atoms with Crippen LogP contribution in [0.4, 0.5) is 0 Å². The first-order valence-corrected chi connectivity index (χ1v) is 9.37. The Bertz CT molecular complexity index is 694. The first kappa shape index (κ1) is 15.6. The molecule has 2 aliphatic carbocycles. The molecule has 0 aliphatic heterocycles. The lowest BCUT2D eigenvalue weighted by molar-refractivity contribution is 0.0890. The molecule has 2 heterocycles. The highest BCUT2D eigenvalue weighted by atomic mass is 32.2. The lowest BCUT2D eigenvalue weighted by Gasteiger charge is -2.27. The average molecular weight is 344 g/mol. The van der Waals surface area contributed by atoms with Gasteiger partial charge in [0.2, 0.25) is 5.76 Å². The third-order valence-electron chi connectivity index (χ3n) is 4.57. The van der Waals surface area contributed by atoms with E-state index >= 15 is 0 Å². The molecule has 2 saturated carbocycles. The maximum absolute atomic E-state index is 12.3. The van der Waals surface area contributed by atoms with E-state index in [-0.39, 0.29) is 11.9 Å². The molecular weight excluding hydrogens is 324 g/mol. The quantitative estimate of drug-likeness (QED) is 0.839. The fourth-order valence-electron chi connectivity index (χ4n) is 3.04. The summed E-state index contributed by atoms with van der Waals surface area (Å²) in [5.74, 6) is 0.700. The largest absolute Gasteiger partial charge is 0.351 e. The van der Waals surface area contributed by atoms with Crippen LogP contribution in [0.1, 0.15) is 60.7 Å². The van der Waals surface area contributed by atoms with Crippen molar-refractivity contribution in [3.05, 3.63) is 36.0 Å². The van der Waals surface area contributed by atoms with Gasteiger partial charge in [0.1, 0.15) is 0 Å². The fourth-order valence-corrected chi connectivity index (χ4v) is 4.09. The number of nitrogens with one attached hydrogen (secondary N) is 1. The summed E-state index contributed by atoms with van der Waals surface area (Å²) in [6.07, 6.45) is 9.90. The standard InChI is InChI=1S/C17H20N4O2S/c22-16(15-10-14(21-23-15)11-2-3-11)20-12-4-6-13(7-5-12)24-17-18-8-1-9-19-17/h1,8-13H,2-7H2,(H,20,22). The number of thioether (sulfide) groups is 1. The van der Waals surface area contributed by atoms with Crippen LogP contribution in [0.2, 0.25) is 0 Å². The minimum absolute atomic E-state index is 0.142. The van der Waals surface area contributed by atoms with E-state index in [0.29, 0.717) is 16.9 Å². The summed E-state index contributed by atoms with van der Waals surface area (Å²) in [4.78, 5) is 20.8. The molecule has 0 spiro atoms. The van der Waals surface area contributed by atoms with Gasteiger partial charge in [-0.05, 0) is 44.6 Å². The van der Waals surface area contributed by atoms with Crippen molar-refractivity contribution in [1.82, 2.24) is 20.4 Å². The summed E-state index contributed by atoms with van der Waals surface area (Å²) in [7, 11) is 0. The third-order valence-corrected chi connectivity index (χ3v) is 5.80. The minimum atomic E-state index is -0.142. The van der Waals surface area contributed by atoms with Crippen LogP contribution in [-0.4, -0.2) is 32.3 Å². The molecule has 2 aromatic heterocycles. The van der Waals surface area contributed by atoms with E-state index in [1.807, 2.05) is 6.07 Å². The van der Waals surface area contributed by atoms with Gasteiger partial charge in [-0.15, -0.1) is 0 Å². The molecule has 2 aliphatic rings. The summed E-state index contributed by atoms with van der Waals surface area (Å²) in [6.45, 7) is 0. The molecule has 0 unspecified atom stereocenters. The Morgan fingerprint density at radius 3 is 2.58 bits per heavy atom. The van der Waals surface area contributed by atoms with E-state index in [9.17, 15) is 4.79 Å². The Morgan fingerprint density at radius 2 is 1.88 bits per heavy atom. The van der Waals surface area contributed by atoms with Crippen LogP contribution in [0.3, 0.4) is 0 Å². The molecule has 126 valence electrons. The SMILES string of the molecule is O=C(NC1CCC(Sc2ncccn2)CC1)c1cc(C2CC2)no1. The van der Waals surface area contributed by atoms with Crippen LogP contribution in [0.15, 0.2) is 34.2 Å². The second-order valence-corrected chi connectivity index (χ2v) is 7.75. The molecule has 2 fully saturated rings. The first-order chi connectivity index (χ1) is 11.8. The van der Waals surface area contributed by atoms with Crippen molar-refractivity contribution in [3.63, 3.8) is 0 Å². The van der Waals surface area contributed by atoms with E-state index in [2.05, 4.69) is 20.4 Å². The summed E-state index contributed by atoms with van der Waals surface area (Å²) in [5.41, 5.74) is 0.920. The van der Waals surface area contributed by atoms with E-state index in [1.165, 1.54) is 0 Å². The number of hydrogen-bond acceptors (Lipinski definition) is 6. The van der Waals surface area contributed by atoms with Gasteiger partial charge in [-0.25, -0.2) is 9.97 Å². The maximum atomic E-state index is 12.3. The molecule has 0 atom stereocenters. The highest BCUT2D eigenvalue weighted by Crippen LogP contribution is 2.39. The number of nitrogens with zero attached hydrogens (tertiary/aromatic N) is 3. The van der Waals surface area contributed by atoms with Crippen LogP contribution in [0, 0.1) is 0 Å². The zero-order valence-electron chi connectivity index (χ0n) is 13.4. The molecule has 24 heavy (non-hydrogen) atoms. The molecule has 6 nitrogen and oxygen atoms in total. The van der Waals surface area contributed by atoms with Crippen molar-refractivity contribution < 1.29 is 9.32 Å². The Morgan fingerprint density at radius 1 is 1.12 bits per heavy atom. The number of aromatic nitrogens is 3. The van der Waals surface area contributed by atoms with E-state index < -0.39 is 0 Å². The van der Waals surface area contributed by atoms with E-state index in [0.717, 1.165) is 49.4 Å². The highest BCUT2D eigenvalue weighted by Gasteiger charge is 2.29. The van der Waals surface area contributed by atoms with Crippen molar-refractivity contribution in [3.8, 4) is 0 Å². The van der Waals surface area contributed by atoms with Crippen LogP contribution in [0.5, 0.6) is 0 Å². The first-order valence-electron chi connectivity index (χ1n) is 8.49. The van der Waals surface area contributed by atoms with Crippen LogP contribution < -0.4 is 5.32 Å². The summed E-state index contributed by atoms with van der Waals surface area (Å²) < 4.78 is 5.19. The van der Waals surface area contributed by atoms with Crippen LogP contribution in [-0.2, 0) is 0 Å². The monoisotopic (exact) mass is 344 g/mol. The summed E-state index contributed by atoms with van der Waals surface area (Å²) in [5, 5.41) is 8.43. The van der Waals surface area contributed by atoms with E-state index in [1.54, 1.807) is 30.2 Å². The predicted octanol–water partition coefficient (Wildman–Crippen LogP) is 3.18. The summed E-state index contributed by atoms with van der Waals surface area (Å²) in [6, 6.07) is 3.83. The molecule has 0 saturated heterocycles. The van der Waals surface area contributed by atoms with Gasteiger partial charge in [0, 0.05) is 35.7 Å². The zero-order chi connectivity index (χ0) is 16.4.